The molecule has 0 saturated heterocycles. The van der Waals surface area contributed by atoms with Crippen LogP contribution in [0.15, 0.2) is 35.7 Å². The third kappa shape index (κ3) is 1.80. The zero-order chi connectivity index (χ0) is 9.80. The summed E-state index contributed by atoms with van der Waals surface area (Å²) >= 11 is 1.38. The van der Waals surface area contributed by atoms with Crippen molar-refractivity contribution in [3.63, 3.8) is 0 Å². The fraction of sp³-hybridized carbons (Fsp3) is 0. The zero-order valence-electron chi connectivity index (χ0n) is 7.23. The molecule has 0 spiro atoms. The summed E-state index contributed by atoms with van der Waals surface area (Å²) in [4.78, 5) is 14.3. The van der Waals surface area contributed by atoms with E-state index in [0.29, 0.717) is 5.13 Å². The van der Waals surface area contributed by atoms with Crippen LogP contribution in [0.3, 0.4) is 0 Å². The number of rotatable bonds is 3. The molecule has 1 heterocycles. The van der Waals surface area contributed by atoms with Crippen molar-refractivity contribution in [1.82, 2.24) is 4.98 Å². The minimum absolute atomic E-state index is 0.568. The van der Waals surface area contributed by atoms with Gasteiger partial charge in [-0.05, 0) is 0 Å². The largest absolute Gasteiger partial charge is 0.315 e. The highest BCUT2D eigenvalue weighted by Gasteiger charge is 2.02. The van der Waals surface area contributed by atoms with Crippen LogP contribution in [0, 0.1) is 0 Å². The summed E-state index contributed by atoms with van der Waals surface area (Å²) in [5, 5.41) is 4.87. The third-order valence-corrected chi connectivity index (χ3v) is 2.49. The fourth-order valence-corrected chi connectivity index (χ4v) is 1.78. The Hall–Kier alpha value is -1.68. The normalized spacial score (nSPS) is 9.71. The molecule has 0 saturated carbocycles. The Morgan fingerprint density at radius 3 is 2.79 bits per heavy atom. The summed E-state index contributed by atoms with van der Waals surface area (Å²) in [6.45, 7) is 0. The number of nitrogens with one attached hydrogen (secondary N) is 1. The molecule has 1 aromatic heterocycles. The maximum atomic E-state index is 10.1. The quantitative estimate of drug-likeness (QED) is 0.777. The Labute approximate surface area is 85.4 Å². The minimum Gasteiger partial charge on any atom is -0.294 e. The Bertz CT molecular complexity index is 425. The highest BCUT2D eigenvalue weighted by atomic mass is 32.1. The van der Waals surface area contributed by atoms with Crippen molar-refractivity contribution >= 4 is 22.9 Å². The van der Waals surface area contributed by atoms with Crippen LogP contribution in [-0.4, -0.2) is 11.4 Å². The summed E-state index contributed by atoms with van der Waals surface area (Å²) in [7, 11) is 0. The molecule has 0 unspecified atom stereocenters. The summed E-state index contributed by atoms with van der Waals surface area (Å²) in [6, 6.07) is 9.81. The first kappa shape index (κ1) is 8.90. The van der Waals surface area contributed by atoms with E-state index < -0.39 is 0 Å². The van der Waals surface area contributed by atoms with E-state index in [1.54, 1.807) is 6.41 Å². The molecule has 0 aliphatic carbocycles. The van der Waals surface area contributed by atoms with E-state index in [1.807, 2.05) is 35.7 Å². The van der Waals surface area contributed by atoms with Gasteiger partial charge in [0.25, 0.3) is 0 Å². The summed E-state index contributed by atoms with van der Waals surface area (Å²) in [5.74, 6) is 0. The van der Waals surface area contributed by atoms with Crippen LogP contribution in [0.25, 0.3) is 11.3 Å². The van der Waals surface area contributed by atoms with E-state index in [0.717, 1.165) is 11.3 Å². The van der Waals surface area contributed by atoms with Crippen LogP contribution < -0.4 is 5.32 Å². The molecule has 0 atom stereocenters. The van der Waals surface area contributed by atoms with E-state index in [1.165, 1.54) is 11.3 Å². The van der Waals surface area contributed by atoms with Gasteiger partial charge in [0.1, 0.15) is 0 Å². The monoisotopic (exact) mass is 203 g/mol. The maximum Gasteiger partial charge on any atom is 0.315 e. The molecule has 0 fully saturated rings. The van der Waals surface area contributed by atoms with Crippen LogP contribution in [0.4, 0.5) is 5.13 Å². The zero-order valence-corrected chi connectivity index (χ0v) is 8.04. The van der Waals surface area contributed by atoms with Crippen molar-refractivity contribution in [1.29, 1.82) is 0 Å². The van der Waals surface area contributed by atoms with Gasteiger partial charge in [-0.2, -0.15) is 0 Å². The number of hydrogen-bond acceptors (Lipinski definition) is 3. The first-order valence-corrected chi connectivity index (χ1v) is 4.92. The lowest BCUT2D eigenvalue weighted by Gasteiger charge is -1.93. The van der Waals surface area contributed by atoms with Gasteiger partial charge < -0.3 is 0 Å². The molecular weight excluding hydrogens is 196 g/mol. The van der Waals surface area contributed by atoms with E-state index in [2.05, 4.69) is 10.3 Å². The van der Waals surface area contributed by atoms with Crippen LogP contribution in [-0.2, 0) is 4.79 Å². The second kappa shape index (κ2) is 4.02. The van der Waals surface area contributed by atoms with Crippen LogP contribution >= 0.6 is 11.3 Å². The van der Waals surface area contributed by atoms with E-state index >= 15 is 0 Å². The molecule has 69 valence electrons. The Balaban J connectivity index is 2.29. The molecule has 1 amide bonds. The average Bonchev–Trinajstić information content (AvgIpc) is 2.68. The lowest BCUT2D eigenvalue weighted by Crippen LogP contribution is -1.91. The smallest absolute Gasteiger partial charge is 0.294 e. The number of nitrogens with zero attached hydrogens (tertiary/aromatic N) is 1. The van der Waals surface area contributed by atoms with Gasteiger partial charge in [-0.3, -0.25) is 10.1 Å². The molecule has 1 radical (unpaired) electrons. The Morgan fingerprint density at radius 1 is 1.29 bits per heavy atom. The molecule has 3 nitrogen and oxygen atoms in total. The van der Waals surface area contributed by atoms with Crippen molar-refractivity contribution in [2.45, 2.75) is 0 Å². The number of aromatic nitrogens is 1. The van der Waals surface area contributed by atoms with Gasteiger partial charge in [-0.25, -0.2) is 4.98 Å². The van der Waals surface area contributed by atoms with Crippen molar-refractivity contribution in [3.05, 3.63) is 35.7 Å². The second-order valence-corrected chi connectivity index (χ2v) is 3.49. The van der Waals surface area contributed by atoms with Gasteiger partial charge in [-0.1, -0.05) is 30.3 Å². The first-order chi connectivity index (χ1) is 6.90. The van der Waals surface area contributed by atoms with Crippen molar-refractivity contribution < 1.29 is 4.79 Å². The predicted octanol–water partition coefficient (Wildman–Crippen LogP) is 2.29. The number of anilines is 1. The van der Waals surface area contributed by atoms with Gasteiger partial charge in [0, 0.05) is 10.9 Å². The highest BCUT2D eigenvalue weighted by Crippen LogP contribution is 2.23. The van der Waals surface area contributed by atoms with Gasteiger partial charge in [-0.15, -0.1) is 11.3 Å². The second-order valence-electron chi connectivity index (χ2n) is 2.63. The number of amides is 1. The van der Waals surface area contributed by atoms with E-state index in [-0.39, 0.29) is 0 Å². The molecule has 1 N–H and O–H groups in total. The molecule has 0 aliphatic rings. The van der Waals surface area contributed by atoms with Crippen molar-refractivity contribution in [2.24, 2.45) is 0 Å². The minimum atomic E-state index is 0.568. The summed E-state index contributed by atoms with van der Waals surface area (Å²) in [5.41, 5.74) is 1.91. The molecule has 2 aromatic rings. The summed E-state index contributed by atoms with van der Waals surface area (Å²) < 4.78 is 0. The molecular formula is C10H7N2OS. The molecule has 0 aliphatic heterocycles. The van der Waals surface area contributed by atoms with Gasteiger partial charge in [0.2, 0.25) is 0 Å². The topological polar surface area (TPSA) is 42.0 Å². The average molecular weight is 203 g/mol. The molecule has 14 heavy (non-hydrogen) atoms. The van der Waals surface area contributed by atoms with Gasteiger partial charge in [0.05, 0.1) is 5.69 Å². The lowest BCUT2D eigenvalue weighted by atomic mass is 10.2. The summed E-state index contributed by atoms with van der Waals surface area (Å²) in [6.07, 6.45) is 1.60. The van der Waals surface area contributed by atoms with Gasteiger partial charge >= 0.3 is 6.41 Å². The highest BCUT2D eigenvalue weighted by molar-refractivity contribution is 7.14. The standard InChI is InChI=1S/C10H7N2OS/c13-7-11-10-12-9(6-14-10)8-4-2-1-3-5-8/h1-6H,(H,11,12,13). The first-order valence-electron chi connectivity index (χ1n) is 4.04. The Morgan fingerprint density at radius 2 is 2.07 bits per heavy atom. The molecule has 1 aromatic carbocycles. The SMILES string of the molecule is O=[C]Nc1nc(-c2ccccc2)cs1. The van der Waals surface area contributed by atoms with E-state index in [4.69, 9.17) is 0 Å². The van der Waals surface area contributed by atoms with E-state index in [9.17, 15) is 4.79 Å². The number of thiazole rings is 1. The molecule has 0 bridgehead atoms. The maximum absolute atomic E-state index is 10.1. The molecule has 4 heteroatoms. The number of hydrogen-bond donors (Lipinski definition) is 1. The van der Waals surface area contributed by atoms with Crippen molar-refractivity contribution in [3.8, 4) is 11.3 Å². The predicted molar refractivity (Wildman–Crippen MR) is 56.9 cm³/mol. The Kier molecular flexibility index (Phi) is 2.55. The third-order valence-electron chi connectivity index (χ3n) is 1.73. The number of carbonyl (C=O) groups excluding carboxylic acids is 1. The van der Waals surface area contributed by atoms with Crippen molar-refractivity contribution in [2.75, 3.05) is 5.32 Å². The molecule has 2 rings (SSSR count). The number of benzene rings is 1. The van der Waals surface area contributed by atoms with Crippen LogP contribution in [0.2, 0.25) is 0 Å². The lowest BCUT2D eigenvalue weighted by molar-refractivity contribution is 0.561. The fourth-order valence-electron chi connectivity index (χ4n) is 1.12. The van der Waals surface area contributed by atoms with Crippen LogP contribution in [0.5, 0.6) is 0 Å². The van der Waals surface area contributed by atoms with Crippen LogP contribution in [0.1, 0.15) is 0 Å². The van der Waals surface area contributed by atoms with Gasteiger partial charge in [0.15, 0.2) is 5.13 Å².